The second-order valence-electron chi connectivity index (χ2n) is 5.85. The molecular weight excluding hydrogens is 338 g/mol. The Balaban J connectivity index is 1.64. The van der Waals surface area contributed by atoms with Crippen LogP contribution in [0.2, 0.25) is 0 Å². The first-order chi connectivity index (χ1) is 11.9. The summed E-state index contributed by atoms with van der Waals surface area (Å²) in [6.45, 7) is 6.41. The molecule has 0 saturated carbocycles. The van der Waals surface area contributed by atoms with E-state index in [9.17, 15) is 9.59 Å². The number of nitrogens with one attached hydrogen (secondary N) is 2. The van der Waals surface area contributed by atoms with Gasteiger partial charge in [-0.2, -0.15) is 5.10 Å². The van der Waals surface area contributed by atoms with Gasteiger partial charge in [0.2, 0.25) is 5.91 Å². The van der Waals surface area contributed by atoms with E-state index in [0.29, 0.717) is 11.4 Å². The molecule has 2 amide bonds. The minimum Gasteiger partial charge on any atom is -0.342 e. The predicted octanol–water partition coefficient (Wildman–Crippen LogP) is 2.44. The SMILES string of the molecule is CCn1nc(C)c(NC(=O)CNC(=O)c2cc3sccc3n2C)c1C. The maximum absolute atomic E-state index is 12.4. The second kappa shape index (κ2) is 6.72. The molecule has 0 radical (unpaired) electrons. The van der Waals surface area contributed by atoms with Crippen LogP contribution in [-0.4, -0.2) is 32.7 Å². The van der Waals surface area contributed by atoms with Crippen molar-refractivity contribution in [3.8, 4) is 0 Å². The molecular formula is C17H21N5O2S. The molecule has 0 aliphatic heterocycles. The maximum atomic E-state index is 12.4. The number of anilines is 1. The number of amides is 2. The number of carbonyl (C=O) groups excluding carboxylic acids is 2. The first-order valence-corrected chi connectivity index (χ1v) is 8.95. The standard InChI is InChI=1S/C17H21N5O2S/c1-5-22-11(3)16(10(2)20-22)19-15(23)9-18-17(24)13-8-14-12(21(13)4)6-7-25-14/h6-8H,5,9H2,1-4H3,(H,18,24)(H,19,23). The van der Waals surface area contributed by atoms with Gasteiger partial charge in [-0.15, -0.1) is 11.3 Å². The second-order valence-corrected chi connectivity index (χ2v) is 6.80. The van der Waals surface area contributed by atoms with Gasteiger partial charge in [-0.05, 0) is 38.3 Å². The zero-order chi connectivity index (χ0) is 18.1. The fourth-order valence-electron chi connectivity index (χ4n) is 2.89. The number of hydrogen-bond donors (Lipinski definition) is 2. The van der Waals surface area contributed by atoms with E-state index in [1.165, 1.54) is 0 Å². The first kappa shape index (κ1) is 17.2. The summed E-state index contributed by atoms with van der Waals surface area (Å²) in [6, 6.07) is 3.81. The number of rotatable bonds is 5. The van der Waals surface area contributed by atoms with Crippen molar-refractivity contribution in [2.45, 2.75) is 27.3 Å². The number of fused-ring (bicyclic) bond motifs is 1. The molecule has 0 saturated heterocycles. The normalized spacial score (nSPS) is 11.0. The van der Waals surface area contributed by atoms with Gasteiger partial charge in [0.1, 0.15) is 5.69 Å². The lowest BCUT2D eigenvalue weighted by atomic mass is 10.3. The summed E-state index contributed by atoms with van der Waals surface area (Å²) in [6.07, 6.45) is 0. The summed E-state index contributed by atoms with van der Waals surface area (Å²) in [5.74, 6) is -0.537. The topological polar surface area (TPSA) is 81.0 Å². The molecule has 0 aromatic carbocycles. The molecule has 0 fully saturated rings. The lowest BCUT2D eigenvalue weighted by Crippen LogP contribution is -2.33. The van der Waals surface area contributed by atoms with Gasteiger partial charge in [0.05, 0.1) is 33.8 Å². The highest BCUT2D eigenvalue weighted by molar-refractivity contribution is 7.17. The maximum Gasteiger partial charge on any atom is 0.268 e. The zero-order valence-corrected chi connectivity index (χ0v) is 15.5. The van der Waals surface area contributed by atoms with Gasteiger partial charge in [-0.1, -0.05) is 0 Å². The summed E-state index contributed by atoms with van der Waals surface area (Å²) < 4.78 is 4.72. The Hall–Kier alpha value is -2.61. The highest BCUT2D eigenvalue weighted by Gasteiger charge is 2.17. The fraction of sp³-hybridized carbons (Fsp3) is 0.353. The third-order valence-electron chi connectivity index (χ3n) is 4.25. The summed E-state index contributed by atoms with van der Waals surface area (Å²) in [5, 5.41) is 11.9. The van der Waals surface area contributed by atoms with Crippen molar-refractivity contribution in [3.63, 3.8) is 0 Å². The van der Waals surface area contributed by atoms with Crippen LogP contribution in [0.25, 0.3) is 10.2 Å². The Morgan fingerprint density at radius 2 is 2.08 bits per heavy atom. The average Bonchev–Trinajstić information content (AvgIpc) is 3.24. The lowest BCUT2D eigenvalue weighted by molar-refractivity contribution is -0.115. The van der Waals surface area contributed by atoms with Crippen LogP contribution in [0.4, 0.5) is 5.69 Å². The number of nitrogens with zero attached hydrogens (tertiary/aromatic N) is 3. The Morgan fingerprint density at radius 3 is 2.72 bits per heavy atom. The first-order valence-electron chi connectivity index (χ1n) is 8.07. The number of hydrogen-bond acceptors (Lipinski definition) is 4. The molecule has 2 N–H and O–H groups in total. The third kappa shape index (κ3) is 3.17. The van der Waals surface area contributed by atoms with Gasteiger partial charge in [0.15, 0.2) is 0 Å². The number of thiophene rings is 1. The number of carbonyl (C=O) groups is 2. The molecule has 7 nitrogen and oxygen atoms in total. The van der Waals surface area contributed by atoms with Crippen LogP contribution < -0.4 is 10.6 Å². The molecule has 8 heteroatoms. The quantitative estimate of drug-likeness (QED) is 0.734. The van der Waals surface area contributed by atoms with Crippen molar-refractivity contribution in [1.29, 1.82) is 0 Å². The van der Waals surface area contributed by atoms with Crippen molar-refractivity contribution in [2.24, 2.45) is 7.05 Å². The average molecular weight is 359 g/mol. The third-order valence-corrected chi connectivity index (χ3v) is 5.10. The van der Waals surface area contributed by atoms with Crippen LogP contribution in [0.3, 0.4) is 0 Å². The minimum atomic E-state index is -0.272. The Bertz CT molecular complexity index is 950. The predicted molar refractivity (Wildman–Crippen MR) is 99.1 cm³/mol. The largest absolute Gasteiger partial charge is 0.342 e. The Kier molecular flexibility index (Phi) is 4.63. The minimum absolute atomic E-state index is 0.0894. The van der Waals surface area contributed by atoms with Crippen molar-refractivity contribution < 1.29 is 9.59 Å². The van der Waals surface area contributed by atoms with E-state index < -0.39 is 0 Å². The molecule has 0 bridgehead atoms. The number of aryl methyl sites for hydroxylation is 3. The van der Waals surface area contributed by atoms with Crippen molar-refractivity contribution in [2.75, 3.05) is 11.9 Å². The van der Waals surface area contributed by atoms with Crippen LogP contribution in [-0.2, 0) is 18.4 Å². The van der Waals surface area contributed by atoms with Gasteiger partial charge < -0.3 is 15.2 Å². The fourth-order valence-corrected chi connectivity index (χ4v) is 3.74. The lowest BCUT2D eigenvalue weighted by Gasteiger charge is -2.08. The van der Waals surface area contributed by atoms with Gasteiger partial charge in [0.25, 0.3) is 5.91 Å². The van der Waals surface area contributed by atoms with E-state index in [4.69, 9.17) is 0 Å². The Morgan fingerprint density at radius 1 is 1.32 bits per heavy atom. The van der Waals surface area contributed by atoms with Gasteiger partial charge in [-0.25, -0.2) is 0 Å². The summed E-state index contributed by atoms with van der Waals surface area (Å²) >= 11 is 1.58. The zero-order valence-electron chi connectivity index (χ0n) is 14.7. The number of aromatic nitrogens is 3. The van der Waals surface area contributed by atoms with Gasteiger partial charge in [0, 0.05) is 13.6 Å². The van der Waals surface area contributed by atoms with Crippen molar-refractivity contribution in [3.05, 3.63) is 34.6 Å². The molecule has 132 valence electrons. The van der Waals surface area contributed by atoms with E-state index in [-0.39, 0.29) is 18.4 Å². The van der Waals surface area contributed by atoms with Crippen LogP contribution in [0, 0.1) is 13.8 Å². The molecule has 3 aromatic rings. The van der Waals surface area contributed by atoms with E-state index >= 15 is 0 Å². The molecule has 25 heavy (non-hydrogen) atoms. The van der Waals surface area contributed by atoms with Crippen molar-refractivity contribution >= 4 is 39.1 Å². The van der Waals surface area contributed by atoms with E-state index in [2.05, 4.69) is 15.7 Å². The summed E-state index contributed by atoms with van der Waals surface area (Å²) in [7, 11) is 1.84. The molecule has 0 unspecified atom stereocenters. The summed E-state index contributed by atoms with van der Waals surface area (Å²) in [5.41, 5.74) is 3.93. The monoisotopic (exact) mass is 359 g/mol. The van der Waals surface area contributed by atoms with E-state index in [1.54, 1.807) is 11.3 Å². The smallest absolute Gasteiger partial charge is 0.268 e. The van der Waals surface area contributed by atoms with Crippen LogP contribution in [0.5, 0.6) is 0 Å². The van der Waals surface area contributed by atoms with Gasteiger partial charge >= 0.3 is 0 Å². The van der Waals surface area contributed by atoms with Gasteiger partial charge in [-0.3, -0.25) is 14.3 Å². The molecule has 3 rings (SSSR count). The molecule has 0 spiro atoms. The van der Waals surface area contributed by atoms with Crippen molar-refractivity contribution in [1.82, 2.24) is 19.7 Å². The highest BCUT2D eigenvalue weighted by Crippen LogP contribution is 2.24. The molecule has 0 aliphatic rings. The van der Waals surface area contributed by atoms with E-state index in [0.717, 1.165) is 28.1 Å². The van der Waals surface area contributed by atoms with E-state index in [1.807, 2.05) is 54.6 Å². The molecule has 0 aliphatic carbocycles. The molecule has 3 heterocycles. The van der Waals surface area contributed by atoms with Crippen LogP contribution in [0.1, 0.15) is 28.8 Å². The summed E-state index contributed by atoms with van der Waals surface area (Å²) in [4.78, 5) is 24.5. The molecule has 0 atom stereocenters. The molecule has 3 aromatic heterocycles. The highest BCUT2D eigenvalue weighted by atomic mass is 32.1. The Labute approximate surface area is 149 Å². The van der Waals surface area contributed by atoms with Crippen LogP contribution >= 0.6 is 11.3 Å². The van der Waals surface area contributed by atoms with Crippen LogP contribution in [0.15, 0.2) is 17.5 Å².